The van der Waals surface area contributed by atoms with Gasteiger partial charge in [-0.15, -0.1) is 0 Å². The Morgan fingerprint density at radius 2 is 2.14 bits per heavy atom. The van der Waals surface area contributed by atoms with Crippen LogP contribution in [0.25, 0.3) is 0 Å². The van der Waals surface area contributed by atoms with Crippen molar-refractivity contribution in [3.8, 4) is 0 Å². The number of hydrogen-bond donors (Lipinski definition) is 2. The second-order valence-corrected chi connectivity index (χ2v) is 6.96. The topological polar surface area (TPSA) is 41.1 Å². The molecule has 0 bridgehead atoms. The van der Waals surface area contributed by atoms with Crippen LogP contribution in [-0.4, -0.2) is 18.5 Å². The highest BCUT2D eigenvalue weighted by atomic mass is 35.5. The second-order valence-electron chi connectivity index (χ2n) is 6.14. The SMILES string of the molecule is CC(NC(=O)C1NCC2CCCC21)c1ccc(Cl)c(Cl)c1. The lowest BCUT2D eigenvalue weighted by atomic mass is 9.93. The monoisotopic (exact) mass is 326 g/mol. The van der Waals surface area contributed by atoms with Crippen LogP contribution in [0.4, 0.5) is 0 Å². The van der Waals surface area contributed by atoms with Crippen LogP contribution in [0, 0.1) is 11.8 Å². The quantitative estimate of drug-likeness (QED) is 0.891. The molecule has 114 valence electrons. The van der Waals surface area contributed by atoms with Crippen LogP contribution in [0.15, 0.2) is 18.2 Å². The van der Waals surface area contributed by atoms with Gasteiger partial charge in [0.25, 0.3) is 0 Å². The van der Waals surface area contributed by atoms with E-state index >= 15 is 0 Å². The summed E-state index contributed by atoms with van der Waals surface area (Å²) in [4.78, 5) is 12.5. The Balaban J connectivity index is 1.65. The predicted octanol–water partition coefficient (Wildman–Crippen LogP) is 3.56. The largest absolute Gasteiger partial charge is 0.348 e. The van der Waals surface area contributed by atoms with Gasteiger partial charge in [0, 0.05) is 0 Å². The average molecular weight is 327 g/mol. The van der Waals surface area contributed by atoms with Crippen LogP contribution in [-0.2, 0) is 4.79 Å². The molecule has 4 atom stereocenters. The zero-order valence-electron chi connectivity index (χ0n) is 12.0. The molecule has 1 aromatic carbocycles. The lowest BCUT2D eigenvalue weighted by Crippen LogP contribution is -2.44. The van der Waals surface area contributed by atoms with Crippen LogP contribution >= 0.6 is 23.2 Å². The third kappa shape index (κ3) is 3.05. The van der Waals surface area contributed by atoms with Gasteiger partial charge in [-0.2, -0.15) is 0 Å². The molecule has 5 heteroatoms. The third-order valence-electron chi connectivity index (χ3n) is 4.83. The van der Waals surface area contributed by atoms with Crippen molar-refractivity contribution in [2.24, 2.45) is 11.8 Å². The molecular weight excluding hydrogens is 307 g/mol. The lowest BCUT2D eigenvalue weighted by molar-refractivity contribution is -0.124. The number of benzene rings is 1. The Morgan fingerprint density at radius 1 is 1.33 bits per heavy atom. The van der Waals surface area contributed by atoms with Crippen LogP contribution in [0.1, 0.15) is 37.8 Å². The normalized spacial score (nSPS) is 29.2. The molecule has 1 heterocycles. The molecule has 0 radical (unpaired) electrons. The summed E-state index contributed by atoms with van der Waals surface area (Å²) in [7, 11) is 0. The smallest absolute Gasteiger partial charge is 0.237 e. The number of carbonyl (C=O) groups is 1. The van der Waals surface area contributed by atoms with E-state index in [1.165, 1.54) is 12.8 Å². The molecule has 1 saturated heterocycles. The maximum Gasteiger partial charge on any atom is 0.237 e. The highest BCUT2D eigenvalue weighted by Crippen LogP contribution is 2.38. The van der Waals surface area contributed by atoms with Crippen LogP contribution in [0.3, 0.4) is 0 Å². The molecular formula is C16H20Cl2N2O. The Bertz CT molecular complexity index is 549. The van der Waals surface area contributed by atoms with Crippen LogP contribution in [0.5, 0.6) is 0 Å². The molecule has 1 aliphatic carbocycles. The summed E-state index contributed by atoms with van der Waals surface area (Å²) in [6.45, 7) is 2.95. The van der Waals surface area contributed by atoms with E-state index in [0.29, 0.717) is 21.9 Å². The molecule has 0 spiro atoms. The molecule has 3 rings (SSSR count). The van der Waals surface area contributed by atoms with E-state index < -0.39 is 0 Å². The predicted molar refractivity (Wildman–Crippen MR) is 85.6 cm³/mol. The van der Waals surface area contributed by atoms with Crippen molar-refractivity contribution in [3.05, 3.63) is 33.8 Å². The zero-order valence-corrected chi connectivity index (χ0v) is 13.5. The number of nitrogens with one attached hydrogen (secondary N) is 2. The summed E-state index contributed by atoms with van der Waals surface area (Å²) >= 11 is 12.0. The lowest BCUT2D eigenvalue weighted by Gasteiger charge is -2.21. The first-order chi connectivity index (χ1) is 10.1. The Morgan fingerprint density at radius 3 is 2.90 bits per heavy atom. The zero-order chi connectivity index (χ0) is 15.0. The van der Waals surface area contributed by atoms with Gasteiger partial charge in [-0.05, 0) is 55.8 Å². The molecule has 2 N–H and O–H groups in total. The molecule has 21 heavy (non-hydrogen) atoms. The van der Waals surface area contributed by atoms with Crippen molar-refractivity contribution < 1.29 is 4.79 Å². The molecule has 4 unspecified atom stereocenters. The fourth-order valence-electron chi connectivity index (χ4n) is 3.64. The standard InChI is InChI=1S/C16H20Cl2N2O/c1-9(10-5-6-13(17)14(18)7-10)20-16(21)15-12-4-2-3-11(12)8-19-15/h5-7,9,11-12,15,19H,2-4,8H2,1H3,(H,20,21). The van der Waals surface area contributed by atoms with Crippen LogP contribution < -0.4 is 10.6 Å². The van der Waals surface area contributed by atoms with Gasteiger partial charge in [-0.25, -0.2) is 0 Å². The number of halogens is 2. The van der Waals surface area contributed by atoms with Crippen molar-refractivity contribution in [3.63, 3.8) is 0 Å². The Kier molecular flexibility index (Phi) is 4.43. The van der Waals surface area contributed by atoms with Gasteiger partial charge >= 0.3 is 0 Å². The first kappa shape index (κ1) is 15.1. The van der Waals surface area contributed by atoms with E-state index in [2.05, 4.69) is 10.6 Å². The number of carbonyl (C=O) groups excluding carboxylic acids is 1. The fourth-order valence-corrected chi connectivity index (χ4v) is 3.95. The molecule has 1 aromatic rings. The van der Waals surface area contributed by atoms with E-state index in [1.807, 2.05) is 19.1 Å². The van der Waals surface area contributed by atoms with Gasteiger partial charge in [0.15, 0.2) is 0 Å². The third-order valence-corrected chi connectivity index (χ3v) is 5.57. The maximum absolute atomic E-state index is 12.5. The summed E-state index contributed by atoms with van der Waals surface area (Å²) in [6, 6.07) is 5.37. The minimum absolute atomic E-state index is 0.0391. The van der Waals surface area contributed by atoms with E-state index in [9.17, 15) is 4.79 Å². The molecule has 2 aliphatic rings. The van der Waals surface area contributed by atoms with Crippen molar-refractivity contribution >= 4 is 29.1 Å². The van der Waals surface area contributed by atoms with Gasteiger partial charge < -0.3 is 10.6 Å². The van der Waals surface area contributed by atoms with Gasteiger partial charge in [-0.1, -0.05) is 35.7 Å². The number of amides is 1. The first-order valence-electron chi connectivity index (χ1n) is 7.55. The average Bonchev–Trinajstić information content (AvgIpc) is 3.04. The molecule has 1 amide bonds. The van der Waals surface area contributed by atoms with Crippen molar-refractivity contribution in [2.45, 2.75) is 38.3 Å². The van der Waals surface area contributed by atoms with Gasteiger partial charge in [-0.3, -0.25) is 4.79 Å². The van der Waals surface area contributed by atoms with Gasteiger partial charge in [0.2, 0.25) is 5.91 Å². The van der Waals surface area contributed by atoms with Crippen molar-refractivity contribution in [1.29, 1.82) is 0 Å². The summed E-state index contributed by atoms with van der Waals surface area (Å²) < 4.78 is 0. The number of fused-ring (bicyclic) bond motifs is 1. The van der Waals surface area contributed by atoms with Crippen molar-refractivity contribution in [1.82, 2.24) is 10.6 Å². The summed E-state index contributed by atoms with van der Waals surface area (Å²) in [5.74, 6) is 1.29. The molecule has 1 saturated carbocycles. The van der Waals surface area contributed by atoms with Crippen molar-refractivity contribution in [2.75, 3.05) is 6.54 Å². The summed E-state index contributed by atoms with van der Waals surface area (Å²) in [5, 5.41) is 7.52. The number of hydrogen-bond acceptors (Lipinski definition) is 2. The molecule has 2 fully saturated rings. The maximum atomic E-state index is 12.5. The van der Waals surface area contributed by atoms with Gasteiger partial charge in [0.1, 0.15) is 0 Å². The molecule has 1 aliphatic heterocycles. The van der Waals surface area contributed by atoms with E-state index in [0.717, 1.165) is 18.5 Å². The minimum atomic E-state index is -0.0745. The van der Waals surface area contributed by atoms with Crippen LogP contribution in [0.2, 0.25) is 10.0 Å². The highest BCUT2D eigenvalue weighted by molar-refractivity contribution is 6.42. The van der Waals surface area contributed by atoms with E-state index in [1.54, 1.807) is 6.07 Å². The highest BCUT2D eigenvalue weighted by Gasteiger charge is 2.42. The van der Waals surface area contributed by atoms with E-state index in [4.69, 9.17) is 23.2 Å². The second kappa shape index (κ2) is 6.15. The summed E-state index contributed by atoms with van der Waals surface area (Å²) in [6.07, 6.45) is 3.67. The Hall–Kier alpha value is -0.770. The minimum Gasteiger partial charge on any atom is -0.348 e. The Labute approximate surface area is 135 Å². The number of rotatable bonds is 3. The van der Waals surface area contributed by atoms with E-state index in [-0.39, 0.29) is 18.0 Å². The fraction of sp³-hybridized carbons (Fsp3) is 0.562. The first-order valence-corrected chi connectivity index (χ1v) is 8.30. The van der Waals surface area contributed by atoms with Gasteiger partial charge in [0.05, 0.1) is 22.1 Å². The molecule has 3 nitrogen and oxygen atoms in total. The molecule has 0 aromatic heterocycles. The summed E-state index contributed by atoms with van der Waals surface area (Å²) in [5.41, 5.74) is 0.971.